The lowest BCUT2D eigenvalue weighted by molar-refractivity contribution is -0.137. The molecule has 0 aliphatic rings. The molecule has 0 atom stereocenters. The average molecular weight is 373 g/mol. The zero-order chi connectivity index (χ0) is 20.0. The fourth-order valence-corrected chi connectivity index (χ4v) is 2.16. The summed E-state index contributed by atoms with van der Waals surface area (Å²) in [5, 5.41) is 13.9. The molecule has 2 N–H and O–H groups in total. The van der Waals surface area contributed by atoms with Crippen LogP contribution in [0.25, 0.3) is 6.08 Å². The first-order valence-corrected chi connectivity index (χ1v) is 7.67. The van der Waals surface area contributed by atoms with Gasteiger partial charge in [0.2, 0.25) is 0 Å². The molecule has 138 valence electrons. The van der Waals surface area contributed by atoms with Crippen molar-refractivity contribution in [3.8, 4) is 6.07 Å². The Kier molecular flexibility index (Phi) is 5.98. The minimum Gasteiger partial charge on any atom is -0.355 e. The van der Waals surface area contributed by atoms with Gasteiger partial charge in [-0.2, -0.15) is 18.4 Å². The second-order valence-electron chi connectivity index (χ2n) is 5.40. The second kappa shape index (κ2) is 8.19. The fraction of sp³-hybridized carbons (Fsp3) is 0.105. The highest BCUT2D eigenvalue weighted by Crippen LogP contribution is 2.30. The van der Waals surface area contributed by atoms with E-state index in [0.29, 0.717) is 11.1 Å². The number of nitrogens with one attached hydrogen (secondary N) is 2. The van der Waals surface area contributed by atoms with Gasteiger partial charge in [-0.1, -0.05) is 18.2 Å². The predicted octanol–water partition coefficient (Wildman–Crippen LogP) is 3.61. The van der Waals surface area contributed by atoms with Crippen molar-refractivity contribution in [2.24, 2.45) is 0 Å². The highest BCUT2D eigenvalue weighted by atomic mass is 19.4. The van der Waals surface area contributed by atoms with Crippen LogP contribution in [0, 0.1) is 11.3 Å². The molecule has 5 nitrogen and oxygen atoms in total. The van der Waals surface area contributed by atoms with Crippen molar-refractivity contribution in [3.05, 3.63) is 70.8 Å². The van der Waals surface area contributed by atoms with Gasteiger partial charge in [0, 0.05) is 18.3 Å². The molecule has 0 aromatic heterocycles. The maximum absolute atomic E-state index is 12.7. The Bertz CT molecular complexity index is 926. The normalized spacial score (nSPS) is 11.4. The quantitative estimate of drug-likeness (QED) is 0.635. The van der Waals surface area contributed by atoms with E-state index in [1.807, 2.05) is 0 Å². The molecule has 0 fully saturated rings. The number of nitrogens with zero attached hydrogens (tertiary/aromatic N) is 1. The van der Waals surface area contributed by atoms with E-state index >= 15 is 0 Å². The third-order valence-electron chi connectivity index (χ3n) is 3.52. The molecule has 2 aromatic carbocycles. The van der Waals surface area contributed by atoms with Gasteiger partial charge >= 0.3 is 6.18 Å². The van der Waals surface area contributed by atoms with Crippen molar-refractivity contribution >= 4 is 23.6 Å². The molecule has 2 aromatic rings. The van der Waals surface area contributed by atoms with Gasteiger partial charge in [0.1, 0.15) is 11.6 Å². The Labute approximate surface area is 153 Å². The molecule has 0 bridgehead atoms. The monoisotopic (exact) mass is 373 g/mol. The molecule has 0 saturated heterocycles. The van der Waals surface area contributed by atoms with E-state index in [1.165, 1.54) is 31.3 Å². The van der Waals surface area contributed by atoms with E-state index in [1.54, 1.807) is 18.2 Å². The highest BCUT2D eigenvalue weighted by Gasteiger charge is 2.30. The number of carbonyl (C=O) groups excluding carboxylic acids is 2. The Morgan fingerprint density at radius 1 is 1.11 bits per heavy atom. The Balaban J connectivity index is 2.20. The minimum atomic E-state index is -4.54. The maximum Gasteiger partial charge on any atom is 0.416 e. The molecular weight excluding hydrogens is 359 g/mol. The smallest absolute Gasteiger partial charge is 0.355 e. The molecule has 2 rings (SSSR count). The van der Waals surface area contributed by atoms with Crippen LogP contribution in [0.1, 0.15) is 21.5 Å². The Morgan fingerprint density at radius 3 is 2.33 bits per heavy atom. The maximum atomic E-state index is 12.7. The molecule has 27 heavy (non-hydrogen) atoms. The van der Waals surface area contributed by atoms with E-state index in [-0.39, 0.29) is 17.2 Å². The molecule has 0 aliphatic carbocycles. The van der Waals surface area contributed by atoms with E-state index in [0.717, 1.165) is 18.2 Å². The number of amides is 2. The molecule has 2 amide bonds. The summed E-state index contributed by atoms with van der Waals surface area (Å²) >= 11 is 0. The SMILES string of the molecule is CNC(=O)c1ccc(C=C(C#N)C(=O)Nc2cccc(C(F)(F)F)c2)cc1. The lowest BCUT2D eigenvalue weighted by atomic mass is 10.1. The predicted molar refractivity (Wildman–Crippen MR) is 93.5 cm³/mol. The topological polar surface area (TPSA) is 82.0 Å². The molecule has 0 heterocycles. The van der Waals surface area contributed by atoms with Crippen molar-refractivity contribution in [3.63, 3.8) is 0 Å². The largest absolute Gasteiger partial charge is 0.416 e. The fourth-order valence-electron chi connectivity index (χ4n) is 2.16. The Morgan fingerprint density at radius 2 is 1.78 bits per heavy atom. The van der Waals surface area contributed by atoms with Crippen LogP contribution in [-0.2, 0) is 11.0 Å². The zero-order valence-electron chi connectivity index (χ0n) is 14.1. The number of rotatable bonds is 4. The number of hydrogen-bond donors (Lipinski definition) is 2. The van der Waals surface area contributed by atoms with Crippen molar-refractivity contribution in [2.45, 2.75) is 6.18 Å². The summed E-state index contributed by atoms with van der Waals surface area (Å²) in [5.74, 6) is -1.12. The summed E-state index contributed by atoms with van der Waals surface area (Å²) in [6, 6.07) is 11.9. The average Bonchev–Trinajstić information content (AvgIpc) is 2.65. The van der Waals surface area contributed by atoms with Crippen molar-refractivity contribution in [2.75, 3.05) is 12.4 Å². The van der Waals surface area contributed by atoms with Gasteiger partial charge in [-0.15, -0.1) is 0 Å². The summed E-state index contributed by atoms with van der Waals surface area (Å²) in [7, 11) is 1.49. The molecular formula is C19H14F3N3O2. The first-order chi connectivity index (χ1) is 12.7. The van der Waals surface area contributed by atoms with Crippen LogP contribution in [0.5, 0.6) is 0 Å². The number of nitriles is 1. The van der Waals surface area contributed by atoms with Crippen LogP contribution >= 0.6 is 0 Å². The Hall–Kier alpha value is -3.60. The van der Waals surface area contributed by atoms with Crippen LogP contribution in [0.4, 0.5) is 18.9 Å². The number of benzene rings is 2. The standard InChI is InChI=1S/C19H14F3N3O2/c1-24-17(26)13-7-5-12(6-8-13)9-14(11-23)18(27)25-16-4-2-3-15(10-16)19(20,21)22/h2-10H,1H3,(H,24,26)(H,25,27). The van der Waals surface area contributed by atoms with Gasteiger partial charge in [0.25, 0.3) is 11.8 Å². The summed E-state index contributed by atoms with van der Waals surface area (Å²) < 4.78 is 38.2. The van der Waals surface area contributed by atoms with Gasteiger partial charge in [0.15, 0.2) is 0 Å². The molecule has 0 radical (unpaired) electrons. The van der Waals surface area contributed by atoms with Crippen molar-refractivity contribution in [1.82, 2.24) is 5.32 Å². The van der Waals surface area contributed by atoms with Crippen LogP contribution < -0.4 is 10.6 Å². The second-order valence-corrected chi connectivity index (χ2v) is 5.40. The van der Waals surface area contributed by atoms with Crippen LogP contribution in [0.15, 0.2) is 54.1 Å². The molecule has 8 heteroatoms. The molecule has 0 unspecified atom stereocenters. The number of alkyl halides is 3. The van der Waals surface area contributed by atoms with Gasteiger partial charge in [0.05, 0.1) is 5.56 Å². The van der Waals surface area contributed by atoms with Crippen molar-refractivity contribution < 1.29 is 22.8 Å². The van der Waals surface area contributed by atoms with Gasteiger partial charge in [-0.05, 0) is 42.0 Å². The van der Waals surface area contributed by atoms with E-state index < -0.39 is 17.6 Å². The number of halogens is 3. The van der Waals surface area contributed by atoms with Crippen LogP contribution in [-0.4, -0.2) is 18.9 Å². The minimum absolute atomic E-state index is 0.0778. The number of anilines is 1. The molecule has 0 aliphatic heterocycles. The van der Waals surface area contributed by atoms with E-state index in [9.17, 15) is 28.0 Å². The van der Waals surface area contributed by atoms with Crippen LogP contribution in [0.3, 0.4) is 0 Å². The van der Waals surface area contributed by atoms with E-state index in [4.69, 9.17) is 0 Å². The zero-order valence-corrected chi connectivity index (χ0v) is 14.1. The highest BCUT2D eigenvalue weighted by molar-refractivity contribution is 6.09. The molecule has 0 saturated carbocycles. The number of carbonyl (C=O) groups is 2. The van der Waals surface area contributed by atoms with E-state index in [2.05, 4.69) is 10.6 Å². The first kappa shape index (κ1) is 19.7. The molecule has 0 spiro atoms. The summed E-state index contributed by atoms with van der Waals surface area (Å²) in [4.78, 5) is 23.7. The van der Waals surface area contributed by atoms with Crippen LogP contribution in [0.2, 0.25) is 0 Å². The summed E-state index contributed by atoms with van der Waals surface area (Å²) in [6.45, 7) is 0. The van der Waals surface area contributed by atoms with Gasteiger partial charge in [-0.25, -0.2) is 0 Å². The summed E-state index contributed by atoms with van der Waals surface area (Å²) in [6.07, 6.45) is -3.27. The van der Waals surface area contributed by atoms with Gasteiger partial charge < -0.3 is 10.6 Å². The third-order valence-corrected chi connectivity index (χ3v) is 3.52. The first-order valence-electron chi connectivity index (χ1n) is 7.67. The van der Waals surface area contributed by atoms with Gasteiger partial charge in [-0.3, -0.25) is 9.59 Å². The van der Waals surface area contributed by atoms with Crippen molar-refractivity contribution in [1.29, 1.82) is 5.26 Å². The lowest BCUT2D eigenvalue weighted by Gasteiger charge is -2.09. The lowest BCUT2D eigenvalue weighted by Crippen LogP contribution is -2.17. The summed E-state index contributed by atoms with van der Waals surface area (Å²) in [5.41, 5.74) is -0.390. The number of hydrogen-bond acceptors (Lipinski definition) is 3. The third kappa shape index (κ3) is 5.19.